The second kappa shape index (κ2) is 4.80. The normalized spacial score (nSPS) is 32.1. The van der Waals surface area contributed by atoms with E-state index in [1.165, 1.54) is 6.42 Å². The van der Waals surface area contributed by atoms with Crippen LogP contribution in [0.3, 0.4) is 0 Å². The maximum atomic E-state index is 12.1. The van der Waals surface area contributed by atoms with Gasteiger partial charge in [0.2, 0.25) is 0 Å². The van der Waals surface area contributed by atoms with Crippen molar-refractivity contribution in [2.45, 2.75) is 49.6 Å². The van der Waals surface area contributed by atoms with E-state index in [-0.39, 0.29) is 17.6 Å². The van der Waals surface area contributed by atoms with Crippen molar-refractivity contribution in [3.05, 3.63) is 29.8 Å². The van der Waals surface area contributed by atoms with Crippen molar-refractivity contribution in [1.29, 1.82) is 0 Å². The van der Waals surface area contributed by atoms with E-state index in [2.05, 4.69) is 4.72 Å². The Balaban J connectivity index is 1.65. The first-order valence-corrected chi connectivity index (χ1v) is 9.37. The van der Waals surface area contributed by atoms with Crippen LogP contribution < -0.4 is 4.72 Å². The summed E-state index contributed by atoms with van der Waals surface area (Å²) < 4.78 is 32.7. The molecule has 2 fully saturated rings. The van der Waals surface area contributed by atoms with E-state index in [1.54, 1.807) is 12.1 Å². The summed E-state index contributed by atoms with van der Waals surface area (Å²) in [7, 11) is -3.45. The Morgan fingerprint density at radius 3 is 2.82 bits per heavy atom. The number of hydrogen-bond acceptors (Lipinski definition) is 4. The molecule has 6 heteroatoms. The van der Waals surface area contributed by atoms with Gasteiger partial charge in [-0.2, -0.15) is 0 Å². The first kappa shape index (κ1) is 14.2. The third kappa shape index (κ3) is 1.86. The van der Waals surface area contributed by atoms with Gasteiger partial charge in [-0.15, -0.1) is 0 Å². The molecule has 0 unspecified atom stereocenters. The Morgan fingerprint density at radius 1 is 1.36 bits per heavy atom. The second-order valence-corrected chi connectivity index (χ2v) is 8.01. The zero-order valence-electron chi connectivity index (χ0n) is 12.6. The standard InChI is InChI=1S/C16H20N2O3S/c1-2-21-14-10-13(16(14)8-5-9-16)17-15-11-6-3-4-7-12(11)22(19,20)18-15/h3-4,6-7,13-14H,2,5,8-10H2,1H3,(H,17,18)/t13-,14+/m0/s1. The minimum atomic E-state index is -3.45. The minimum absolute atomic E-state index is 0.145. The summed E-state index contributed by atoms with van der Waals surface area (Å²) in [6.45, 7) is 2.75. The number of ether oxygens (including phenoxy) is 1. The lowest BCUT2D eigenvalue weighted by atomic mass is 9.51. The van der Waals surface area contributed by atoms with E-state index in [0.29, 0.717) is 16.3 Å². The SMILES string of the molecule is CCO[C@@H]1C[C@H](N=C2NS(=O)(=O)c3ccccc32)C12CCC2. The molecule has 1 heterocycles. The largest absolute Gasteiger partial charge is 0.378 e. The maximum Gasteiger partial charge on any atom is 0.263 e. The molecular formula is C16H20N2O3S. The summed E-state index contributed by atoms with van der Waals surface area (Å²) in [5.74, 6) is 0.502. The molecule has 5 nitrogen and oxygen atoms in total. The lowest BCUT2D eigenvalue weighted by molar-refractivity contribution is -0.162. The molecule has 1 N–H and O–H groups in total. The molecule has 2 aliphatic carbocycles. The average molecular weight is 320 g/mol. The van der Waals surface area contributed by atoms with Gasteiger partial charge in [0.1, 0.15) is 5.84 Å². The van der Waals surface area contributed by atoms with Gasteiger partial charge in [0, 0.05) is 17.6 Å². The summed E-state index contributed by atoms with van der Waals surface area (Å²) in [5.41, 5.74) is 0.836. The van der Waals surface area contributed by atoms with E-state index < -0.39 is 10.0 Å². The molecule has 0 saturated heterocycles. The molecule has 1 aromatic carbocycles. The Kier molecular flexibility index (Phi) is 3.10. The average Bonchev–Trinajstić information content (AvgIpc) is 2.68. The molecular weight excluding hydrogens is 300 g/mol. The van der Waals surface area contributed by atoms with Crippen molar-refractivity contribution in [2.24, 2.45) is 10.4 Å². The highest BCUT2D eigenvalue weighted by atomic mass is 32.2. The van der Waals surface area contributed by atoms with E-state index in [9.17, 15) is 8.42 Å². The summed E-state index contributed by atoms with van der Waals surface area (Å²) in [4.78, 5) is 5.10. The molecule has 118 valence electrons. The molecule has 0 amide bonds. The van der Waals surface area contributed by atoms with E-state index in [1.807, 2.05) is 19.1 Å². The third-order valence-electron chi connectivity index (χ3n) is 5.34. The molecule has 0 aromatic heterocycles. The van der Waals surface area contributed by atoms with Gasteiger partial charge in [-0.3, -0.25) is 9.71 Å². The first-order chi connectivity index (χ1) is 10.6. The van der Waals surface area contributed by atoms with Gasteiger partial charge in [0.25, 0.3) is 10.0 Å². The van der Waals surface area contributed by atoms with Crippen LogP contribution in [0.4, 0.5) is 0 Å². The number of benzene rings is 1. The van der Waals surface area contributed by atoms with Crippen molar-refractivity contribution in [1.82, 2.24) is 4.72 Å². The third-order valence-corrected chi connectivity index (χ3v) is 6.74. The molecule has 1 spiro atoms. The molecule has 2 atom stereocenters. The highest BCUT2D eigenvalue weighted by Gasteiger charge is 2.59. The molecule has 4 rings (SSSR count). The second-order valence-electron chi connectivity index (χ2n) is 6.36. The first-order valence-electron chi connectivity index (χ1n) is 7.88. The highest BCUT2D eigenvalue weighted by Crippen LogP contribution is 2.58. The highest BCUT2D eigenvalue weighted by molar-refractivity contribution is 7.90. The van der Waals surface area contributed by atoms with E-state index >= 15 is 0 Å². The Bertz CT molecular complexity index is 738. The Labute approximate surface area is 130 Å². The van der Waals surface area contributed by atoms with Crippen LogP contribution in [0, 0.1) is 5.41 Å². The van der Waals surface area contributed by atoms with Gasteiger partial charge in [0.15, 0.2) is 0 Å². The number of sulfonamides is 1. The van der Waals surface area contributed by atoms with Crippen LogP contribution in [0.15, 0.2) is 34.2 Å². The molecule has 0 radical (unpaired) electrons. The van der Waals surface area contributed by atoms with Crippen LogP contribution in [-0.4, -0.2) is 33.0 Å². The Hall–Kier alpha value is -1.40. The van der Waals surface area contributed by atoms with Gasteiger partial charge in [-0.1, -0.05) is 18.6 Å². The van der Waals surface area contributed by atoms with Crippen LogP contribution in [0.5, 0.6) is 0 Å². The van der Waals surface area contributed by atoms with Crippen LogP contribution in [0.25, 0.3) is 0 Å². The van der Waals surface area contributed by atoms with Crippen molar-refractivity contribution in [3.8, 4) is 0 Å². The van der Waals surface area contributed by atoms with E-state index in [4.69, 9.17) is 9.73 Å². The summed E-state index contributed by atoms with van der Waals surface area (Å²) in [6.07, 6.45) is 4.66. The number of nitrogens with zero attached hydrogens (tertiary/aromatic N) is 1. The molecule has 22 heavy (non-hydrogen) atoms. The summed E-state index contributed by atoms with van der Waals surface area (Å²) in [5, 5.41) is 0. The monoisotopic (exact) mass is 320 g/mol. The van der Waals surface area contributed by atoms with Crippen molar-refractivity contribution in [2.75, 3.05) is 6.61 Å². The van der Waals surface area contributed by atoms with Gasteiger partial charge in [-0.25, -0.2) is 8.42 Å². The lowest BCUT2D eigenvalue weighted by Crippen LogP contribution is -2.61. The number of hydrogen-bond donors (Lipinski definition) is 1. The van der Waals surface area contributed by atoms with Gasteiger partial charge >= 0.3 is 0 Å². The van der Waals surface area contributed by atoms with Gasteiger partial charge in [0.05, 0.1) is 17.0 Å². The lowest BCUT2D eigenvalue weighted by Gasteiger charge is -2.59. The fraction of sp³-hybridized carbons (Fsp3) is 0.562. The smallest absolute Gasteiger partial charge is 0.263 e. The van der Waals surface area contributed by atoms with Crippen LogP contribution >= 0.6 is 0 Å². The van der Waals surface area contributed by atoms with Crippen LogP contribution in [0.1, 0.15) is 38.2 Å². The van der Waals surface area contributed by atoms with Crippen LogP contribution in [-0.2, 0) is 14.8 Å². The van der Waals surface area contributed by atoms with Crippen molar-refractivity contribution < 1.29 is 13.2 Å². The minimum Gasteiger partial charge on any atom is -0.378 e. The summed E-state index contributed by atoms with van der Waals surface area (Å²) in [6, 6.07) is 7.20. The Morgan fingerprint density at radius 2 is 2.14 bits per heavy atom. The van der Waals surface area contributed by atoms with Crippen molar-refractivity contribution >= 4 is 15.9 Å². The fourth-order valence-electron chi connectivity index (χ4n) is 3.97. The quantitative estimate of drug-likeness (QED) is 0.927. The molecule has 0 bridgehead atoms. The maximum absolute atomic E-state index is 12.1. The number of nitrogens with one attached hydrogen (secondary N) is 1. The molecule has 3 aliphatic rings. The number of rotatable bonds is 3. The van der Waals surface area contributed by atoms with E-state index in [0.717, 1.165) is 25.9 Å². The predicted octanol–water partition coefficient (Wildman–Crippen LogP) is 2.07. The number of aliphatic imine (C=N–C) groups is 1. The molecule has 1 aliphatic heterocycles. The van der Waals surface area contributed by atoms with Gasteiger partial charge in [-0.05, 0) is 38.3 Å². The molecule has 2 saturated carbocycles. The zero-order valence-corrected chi connectivity index (χ0v) is 13.4. The van der Waals surface area contributed by atoms with Crippen LogP contribution in [0.2, 0.25) is 0 Å². The predicted molar refractivity (Wildman–Crippen MR) is 83.4 cm³/mol. The summed E-state index contributed by atoms with van der Waals surface area (Å²) >= 11 is 0. The molecule has 1 aromatic rings. The number of fused-ring (bicyclic) bond motifs is 1. The number of amidine groups is 1. The van der Waals surface area contributed by atoms with Crippen molar-refractivity contribution in [3.63, 3.8) is 0 Å². The van der Waals surface area contributed by atoms with Gasteiger partial charge < -0.3 is 4.74 Å². The fourth-order valence-corrected chi connectivity index (χ4v) is 5.21. The topological polar surface area (TPSA) is 67.8 Å². The zero-order chi connectivity index (χ0) is 15.4.